The lowest BCUT2D eigenvalue weighted by Gasteiger charge is -2.41. The molecule has 2 aromatic carbocycles. The maximum absolute atomic E-state index is 14.1. The van der Waals surface area contributed by atoms with Gasteiger partial charge >= 0.3 is 0 Å². The molecule has 3 heterocycles. The van der Waals surface area contributed by atoms with E-state index in [4.69, 9.17) is 24.9 Å². The fraction of sp³-hybridized carbons (Fsp3) is 0.321. The van der Waals surface area contributed by atoms with Gasteiger partial charge in [-0.25, -0.2) is 9.97 Å². The van der Waals surface area contributed by atoms with E-state index < -0.39 is 11.8 Å². The second kappa shape index (κ2) is 9.90. The van der Waals surface area contributed by atoms with Gasteiger partial charge in [-0.1, -0.05) is 42.1 Å². The number of thioether (sulfide) groups is 1. The van der Waals surface area contributed by atoms with Crippen LogP contribution in [0.1, 0.15) is 35.7 Å². The van der Waals surface area contributed by atoms with Crippen LogP contribution in [0.2, 0.25) is 0 Å². The first kappa shape index (κ1) is 24.1. The number of para-hydroxylation sites is 1. The van der Waals surface area contributed by atoms with Gasteiger partial charge in [-0.05, 0) is 42.2 Å². The van der Waals surface area contributed by atoms with Crippen LogP contribution in [0.15, 0.2) is 59.8 Å². The zero-order valence-corrected chi connectivity index (χ0v) is 21.4. The summed E-state index contributed by atoms with van der Waals surface area (Å²) in [4.78, 5) is 25.5. The number of aromatic nitrogens is 2. The van der Waals surface area contributed by atoms with Crippen LogP contribution in [-0.2, 0) is 14.3 Å². The number of hydrogen-bond acceptors (Lipinski definition) is 9. The summed E-state index contributed by atoms with van der Waals surface area (Å²) in [5, 5.41) is 0.559. The van der Waals surface area contributed by atoms with E-state index in [1.807, 2.05) is 66.9 Å². The van der Waals surface area contributed by atoms with E-state index in [2.05, 4.69) is 9.88 Å². The molecule has 3 aliphatic rings. The molecule has 190 valence electrons. The number of anilines is 1. The first-order valence-electron chi connectivity index (χ1n) is 12.4. The normalized spacial score (nSPS) is 21.1. The predicted octanol–water partition coefficient (Wildman–Crippen LogP) is 4.58. The average Bonchev–Trinajstić information content (AvgIpc) is 3.38. The van der Waals surface area contributed by atoms with Gasteiger partial charge < -0.3 is 19.9 Å². The number of carbonyl (C=O) groups is 1. The van der Waals surface area contributed by atoms with E-state index in [0.29, 0.717) is 72.7 Å². The summed E-state index contributed by atoms with van der Waals surface area (Å²) in [7, 11) is 0. The first-order valence-corrected chi connectivity index (χ1v) is 13.6. The van der Waals surface area contributed by atoms with Crippen molar-refractivity contribution in [2.24, 2.45) is 0 Å². The Morgan fingerprint density at radius 3 is 2.35 bits per heavy atom. The molecule has 0 radical (unpaired) electrons. The summed E-state index contributed by atoms with van der Waals surface area (Å²) in [6.45, 7) is 2.54. The van der Waals surface area contributed by atoms with Crippen molar-refractivity contribution in [3.05, 3.63) is 71.4 Å². The molecule has 9 heteroatoms. The zero-order chi connectivity index (χ0) is 25.4. The van der Waals surface area contributed by atoms with E-state index in [0.717, 1.165) is 11.3 Å². The van der Waals surface area contributed by atoms with Gasteiger partial charge in [0.1, 0.15) is 23.4 Å². The Hall–Kier alpha value is -3.24. The zero-order valence-electron chi connectivity index (χ0n) is 20.6. The summed E-state index contributed by atoms with van der Waals surface area (Å²) < 4.78 is 17.7. The number of hydrogen-bond donors (Lipinski definition) is 1. The largest absolute Gasteiger partial charge is 0.457 e. The highest BCUT2D eigenvalue weighted by Gasteiger charge is 2.45. The van der Waals surface area contributed by atoms with Gasteiger partial charge in [0.15, 0.2) is 16.7 Å². The molecule has 3 aromatic rings. The molecule has 1 spiro atoms. The maximum atomic E-state index is 14.1. The number of ether oxygens (including phenoxy) is 3. The van der Waals surface area contributed by atoms with Crippen molar-refractivity contribution in [1.82, 2.24) is 14.9 Å². The van der Waals surface area contributed by atoms with Crippen LogP contribution in [0, 0.1) is 0 Å². The van der Waals surface area contributed by atoms with Crippen molar-refractivity contribution in [2.75, 3.05) is 38.3 Å². The molecular formula is C28H28N4O4S. The van der Waals surface area contributed by atoms with Crippen molar-refractivity contribution in [1.29, 1.82) is 0 Å². The fourth-order valence-electron chi connectivity index (χ4n) is 5.22. The molecule has 1 aromatic heterocycles. The van der Waals surface area contributed by atoms with Crippen LogP contribution in [0.25, 0.3) is 11.6 Å². The molecule has 1 aliphatic carbocycles. The number of rotatable bonds is 5. The van der Waals surface area contributed by atoms with Gasteiger partial charge in [-0.3, -0.25) is 9.69 Å². The number of nitrogen functional groups attached to an aromatic ring is 1. The summed E-state index contributed by atoms with van der Waals surface area (Å²) >= 11 is 1.41. The van der Waals surface area contributed by atoms with E-state index >= 15 is 0 Å². The molecule has 37 heavy (non-hydrogen) atoms. The van der Waals surface area contributed by atoms with Gasteiger partial charge in [0.25, 0.3) is 0 Å². The number of likely N-dealkylation sites (tertiary alicyclic amines) is 1. The van der Waals surface area contributed by atoms with Crippen molar-refractivity contribution < 1.29 is 19.0 Å². The van der Waals surface area contributed by atoms with Crippen molar-refractivity contribution in [2.45, 2.75) is 29.8 Å². The maximum Gasteiger partial charge on any atom is 0.189 e. The van der Waals surface area contributed by atoms with Gasteiger partial charge in [0.2, 0.25) is 0 Å². The number of Topliss-reactive ketones (excluding diaryl/α,β-unsaturated/α-hetero) is 1. The molecule has 0 bridgehead atoms. The topological polar surface area (TPSA) is 99.8 Å². The minimum absolute atomic E-state index is 0.00131. The van der Waals surface area contributed by atoms with Crippen molar-refractivity contribution in [3.63, 3.8) is 0 Å². The third-order valence-electron chi connectivity index (χ3n) is 7.11. The van der Waals surface area contributed by atoms with E-state index in [1.54, 1.807) is 0 Å². The third-order valence-corrected chi connectivity index (χ3v) is 7.66. The average molecular weight is 517 g/mol. The smallest absolute Gasteiger partial charge is 0.189 e. The summed E-state index contributed by atoms with van der Waals surface area (Å²) in [5.74, 6) is 1.30. The highest BCUT2D eigenvalue weighted by molar-refractivity contribution is 7.98. The number of ketones is 1. The minimum Gasteiger partial charge on any atom is -0.457 e. The molecule has 8 nitrogen and oxygen atoms in total. The molecule has 2 N–H and O–H groups in total. The number of nitrogens with zero attached hydrogens (tertiary/aromatic N) is 3. The van der Waals surface area contributed by atoms with Crippen LogP contribution in [-0.4, -0.2) is 59.0 Å². The summed E-state index contributed by atoms with van der Waals surface area (Å²) in [5.41, 5.74) is 9.15. The highest BCUT2D eigenvalue weighted by Crippen LogP contribution is 2.42. The summed E-state index contributed by atoms with van der Waals surface area (Å²) in [6.07, 6.45) is 5.13. The number of fused-ring (bicyclic) bond motifs is 1. The monoisotopic (exact) mass is 516 g/mol. The molecular weight excluding hydrogens is 488 g/mol. The molecule has 0 amide bonds. The number of nitrogens with two attached hydrogens (primary N) is 1. The summed E-state index contributed by atoms with van der Waals surface area (Å²) in [6, 6.07) is 16.6. The van der Waals surface area contributed by atoms with Gasteiger partial charge in [0.05, 0.1) is 18.9 Å². The highest BCUT2D eigenvalue weighted by atomic mass is 32.2. The molecule has 6 rings (SSSR count). The third kappa shape index (κ3) is 4.64. The quantitative estimate of drug-likeness (QED) is 0.386. The second-order valence-electron chi connectivity index (χ2n) is 9.30. The van der Waals surface area contributed by atoms with E-state index in [-0.39, 0.29) is 5.78 Å². The van der Waals surface area contributed by atoms with Crippen LogP contribution >= 0.6 is 11.8 Å². The predicted molar refractivity (Wildman–Crippen MR) is 142 cm³/mol. The molecule has 2 fully saturated rings. The van der Waals surface area contributed by atoms with E-state index in [1.165, 1.54) is 11.8 Å². The molecule has 1 unspecified atom stereocenters. The fourth-order valence-corrected chi connectivity index (χ4v) is 5.60. The SMILES string of the molecule is CSc1nc(N)c2c(n1)C(N1CCC3(CC1)OCCO3)C(=O)C(c1ccc(Oc3ccccc3)cc1)=C2. The lowest BCUT2D eigenvalue weighted by atomic mass is 9.85. The Morgan fingerprint density at radius 1 is 1.00 bits per heavy atom. The van der Waals surface area contributed by atoms with Crippen LogP contribution in [0.4, 0.5) is 5.82 Å². The van der Waals surface area contributed by atoms with Crippen LogP contribution < -0.4 is 10.5 Å². The van der Waals surface area contributed by atoms with Gasteiger partial charge in [-0.15, -0.1) is 0 Å². The lowest BCUT2D eigenvalue weighted by molar-refractivity contribution is -0.188. The van der Waals surface area contributed by atoms with Crippen molar-refractivity contribution >= 4 is 35.0 Å². The second-order valence-corrected chi connectivity index (χ2v) is 10.1. The molecule has 1 atom stereocenters. The standard InChI is InChI=1S/C28H28N4O4S/c1-37-27-30-23-22(26(29)31-27)17-21(18-7-9-20(10-8-18)36-19-5-3-2-4-6-19)25(33)24(23)32-13-11-28(12-14-32)34-15-16-35-28/h2-10,17,24H,11-16H2,1H3,(H2,29,30,31). The minimum atomic E-state index is -0.551. The Morgan fingerprint density at radius 2 is 1.68 bits per heavy atom. The van der Waals surface area contributed by atoms with Crippen LogP contribution in [0.5, 0.6) is 11.5 Å². The molecule has 2 aliphatic heterocycles. The molecule has 2 saturated heterocycles. The lowest BCUT2D eigenvalue weighted by Crippen LogP contribution is -2.48. The first-order chi connectivity index (χ1) is 18.0. The van der Waals surface area contributed by atoms with Gasteiger partial charge in [-0.2, -0.15) is 0 Å². The van der Waals surface area contributed by atoms with E-state index in [9.17, 15) is 4.79 Å². The Balaban J connectivity index is 1.33. The number of piperidine rings is 1. The Labute approximate surface area is 219 Å². The van der Waals surface area contributed by atoms with Crippen LogP contribution in [0.3, 0.4) is 0 Å². The number of benzene rings is 2. The van der Waals surface area contributed by atoms with Crippen molar-refractivity contribution in [3.8, 4) is 11.5 Å². The Bertz CT molecular complexity index is 1330. The number of carbonyl (C=O) groups excluding carboxylic acids is 1. The van der Waals surface area contributed by atoms with Gasteiger partial charge in [0, 0.05) is 37.1 Å². The molecule has 0 saturated carbocycles. The Kier molecular flexibility index (Phi) is 6.46.